The number of nitrogens with zero attached hydrogens (tertiary/aromatic N) is 2. The number of hydrogen-bond acceptors (Lipinski definition) is 3. The maximum Gasteiger partial charge on any atom is 0.236 e. The number of likely N-dealkylation sites (tertiary alicyclic amines) is 1. The summed E-state index contributed by atoms with van der Waals surface area (Å²) in [4.78, 5) is 14.5. The quantitative estimate of drug-likeness (QED) is 0.361. The van der Waals surface area contributed by atoms with E-state index in [2.05, 4.69) is 25.9 Å². The highest BCUT2D eigenvalue weighted by Gasteiger charge is 2.41. The van der Waals surface area contributed by atoms with E-state index in [1.165, 1.54) is 0 Å². The third kappa shape index (κ3) is 3.25. The Bertz CT molecular complexity index is 379. The topological polar surface area (TPSA) is 78.9 Å². The van der Waals surface area contributed by atoms with Crippen molar-refractivity contribution in [2.75, 3.05) is 13.1 Å². The molecule has 0 aromatic heterocycles. The van der Waals surface area contributed by atoms with Gasteiger partial charge in [0.2, 0.25) is 5.91 Å². The molecule has 1 aliphatic rings. The summed E-state index contributed by atoms with van der Waals surface area (Å²) in [6.45, 7) is 11.9. The maximum absolute atomic E-state index is 12.7. The predicted molar refractivity (Wildman–Crippen MR) is 80.6 cm³/mol. The minimum Gasteiger partial charge on any atom is -0.409 e. The smallest absolute Gasteiger partial charge is 0.236 e. The summed E-state index contributed by atoms with van der Waals surface area (Å²) in [6, 6.07) is 0. The van der Waals surface area contributed by atoms with Crippen molar-refractivity contribution in [1.29, 1.82) is 0 Å². The highest BCUT2D eigenvalue weighted by atomic mass is 16.4. The number of hydrogen-bond donors (Lipinski definition) is 2. The molecule has 3 N–H and O–H groups in total. The Kier molecular flexibility index (Phi) is 5.05. The summed E-state index contributed by atoms with van der Waals surface area (Å²) in [5, 5.41) is 11.9. The first-order valence-electron chi connectivity index (χ1n) is 7.44. The van der Waals surface area contributed by atoms with Gasteiger partial charge in [0.1, 0.15) is 5.41 Å². The highest BCUT2D eigenvalue weighted by Crippen LogP contribution is 2.35. The van der Waals surface area contributed by atoms with Gasteiger partial charge in [0, 0.05) is 13.1 Å². The summed E-state index contributed by atoms with van der Waals surface area (Å²) >= 11 is 0. The molecule has 0 aromatic rings. The van der Waals surface area contributed by atoms with Crippen molar-refractivity contribution in [2.45, 2.75) is 53.9 Å². The minimum absolute atomic E-state index is 0.00273. The van der Waals surface area contributed by atoms with Crippen LogP contribution in [-0.4, -0.2) is 34.9 Å². The van der Waals surface area contributed by atoms with Crippen LogP contribution in [0.4, 0.5) is 0 Å². The molecule has 5 nitrogen and oxygen atoms in total. The van der Waals surface area contributed by atoms with Crippen LogP contribution in [0, 0.1) is 16.7 Å². The van der Waals surface area contributed by atoms with E-state index in [0.717, 1.165) is 25.9 Å². The summed E-state index contributed by atoms with van der Waals surface area (Å²) in [7, 11) is 0. The zero-order valence-corrected chi connectivity index (χ0v) is 13.4. The number of rotatable bonds is 3. The van der Waals surface area contributed by atoms with E-state index >= 15 is 0 Å². The van der Waals surface area contributed by atoms with Crippen LogP contribution in [0.25, 0.3) is 0 Å². The number of amides is 1. The monoisotopic (exact) mass is 283 g/mol. The van der Waals surface area contributed by atoms with E-state index in [-0.39, 0.29) is 17.2 Å². The van der Waals surface area contributed by atoms with Crippen LogP contribution in [0.1, 0.15) is 53.9 Å². The molecular weight excluding hydrogens is 254 g/mol. The fraction of sp³-hybridized carbons (Fsp3) is 0.867. The Morgan fingerprint density at radius 3 is 2.15 bits per heavy atom. The molecule has 1 heterocycles. The van der Waals surface area contributed by atoms with E-state index in [9.17, 15) is 4.79 Å². The van der Waals surface area contributed by atoms with Gasteiger partial charge in [0.05, 0.1) is 0 Å². The van der Waals surface area contributed by atoms with Gasteiger partial charge in [-0.1, -0.05) is 32.9 Å². The highest BCUT2D eigenvalue weighted by molar-refractivity contribution is 6.06. The maximum atomic E-state index is 12.7. The van der Waals surface area contributed by atoms with E-state index in [4.69, 9.17) is 10.9 Å². The van der Waals surface area contributed by atoms with Crippen LogP contribution in [0.15, 0.2) is 5.16 Å². The van der Waals surface area contributed by atoms with Crippen molar-refractivity contribution in [3.8, 4) is 0 Å². The predicted octanol–water partition coefficient (Wildman–Crippen LogP) is 2.43. The molecule has 1 unspecified atom stereocenters. The van der Waals surface area contributed by atoms with Crippen LogP contribution >= 0.6 is 0 Å². The minimum atomic E-state index is -0.899. The number of piperidine rings is 1. The second-order valence-corrected chi connectivity index (χ2v) is 7.10. The molecule has 1 rings (SSSR count). The molecule has 116 valence electrons. The normalized spacial score (nSPS) is 21.6. The average molecular weight is 283 g/mol. The van der Waals surface area contributed by atoms with Crippen molar-refractivity contribution in [3.05, 3.63) is 0 Å². The van der Waals surface area contributed by atoms with Gasteiger partial charge in [-0.25, -0.2) is 0 Å². The molecule has 20 heavy (non-hydrogen) atoms. The van der Waals surface area contributed by atoms with Crippen molar-refractivity contribution in [3.63, 3.8) is 0 Å². The Labute approximate surface area is 122 Å². The molecule has 0 radical (unpaired) electrons. The Hall–Kier alpha value is -1.26. The Morgan fingerprint density at radius 2 is 1.80 bits per heavy atom. The molecule has 1 saturated heterocycles. The molecule has 5 heteroatoms. The van der Waals surface area contributed by atoms with Gasteiger partial charge in [0.25, 0.3) is 0 Å². The average Bonchev–Trinajstić information content (AvgIpc) is 2.43. The molecule has 1 atom stereocenters. The second-order valence-electron chi connectivity index (χ2n) is 7.10. The van der Waals surface area contributed by atoms with Gasteiger partial charge < -0.3 is 15.8 Å². The molecule has 0 saturated carbocycles. The van der Waals surface area contributed by atoms with Crippen LogP contribution in [0.2, 0.25) is 0 Å². The van der Waals surface area contributed by atoms with Gasteiger partial charge in [-0.05, 0) is 37.5 Å². The van der Waals surface area contributed by atoms with E-state index in [1.54, 1.807) is 6.92 Å². The summed E-state index contributed by atoms with van der Waals surface area (Å²) in [6.07, 6.45) is 2.57. The molecule has 0 aliphatic carbocycles. The largest absolute Gasteiger partial charge is 0.409 e. The summed E-state index contributed by atoms with van der Waals surface area (Å²) < 4.78 is 0. The van der Waals surface area contributed by atoms with Gasteiger partial charge in [0.15, 0.2) is 5.84 Å². The fourth-order valence-corrected chi connectivity index (χ4v) is 2.85. The van der Waals surface area contributed by atoms with Crippen molar-refractivity contribution < 1.29 is 10.0 Å². The Balaban J connectivity index is 2.76. The number of oxime groups is 1. The molecular formula is C15H29N3O2. The number of amidine groups is 1. The third-order valence-corrected chi connectivity index (χ3v) is 4.86. The Morgan fingerprint density at radius 1 is 1.30 bits per heavy atom. The van der Waals surface area contributed by atoms with Gasteiger partial charge in [-0.15, -0.1) is 0 Å². The molecule has 1 fully saturated rings. The van der Waals surface area contributed by atoms with Crippen molar-refractivity contribution >= 4 is 11.7 Å². The van der Waals surface area contributed by atoms with Gasteiger partial charge in [-0.3, -0.25) is 4.79 Å². The summed E-state index contributed by atoms with van der Waals surface area (Å²) in [5.74, 6) is 0.619. The van der Waals surface area contributed by atoms with Gasteiger partial charge in [-0.2, -0.15) is 0 Å². The lowest BCUT2D eigenvalue weighted by Crippen LogP contribution is -2.52. The van der Waals surface area contributed by atoms with Crippen molar-refractivity contribution in [1.82, 2.24) is 4.90 Å². The number of carbonyl (C=O) groups excluding carboxylic acids is 1. The summed E-state index contributed by atoms with van der Waals surface area (Å²) in [5.41, 5.74) is 5.11. The second kappa shape index (κ2) is 6.02. The molecule has 1 aliphatic heterocycles. The molecule has 0 spiro atoms. The van der Waals surface area contributed by atoms with Crippen molar-refractivity contribution in [2.24, 2.45) is 27.6 Å². The standard InChI is InChI=1S/C15H29N3O2/c1-6-15(5,12(16)17-20)13(19)18-9-7-11(8-10-18)14(2,3)4/h11,20H,6-10H2,1-5H3,(H2,16,17). The van der Waals surface area contributed by atoms with Crippen LogP contribution < -0.4 is 5.73 Å². The zero-order chi connectivity index (χ0) is 15.6. The SMILES string of the molecule is CCC(C)(C(=O)N1CCC(C(C)(C)C)CC1)C(N)=NO. The first kappa shape index (κ1) is 16.8. The number of carbonyl (C=O) groups is 1. The zero-order valence-electron chi connectivity index (χ0n) is 13.4. The lowest BCUT2D eigenvalue weighted by Gasteiger charge is -2.41. The third-order valence-electron chi connectivity index (χ3n) is 4.86. The molecule has 0 aromatic carbocycles. The molecule has 0 bridgehead atoms. The van der Waals surface area contributed by atoms with Crippen LogP contribution in [-0.2, 0) is 4.79 Å². The lowest BCUT2D eigenvalue weighted by molar-refractivity contribution is -0.140. The first-order valence-corrected chi connectivity index (χ1v) is 7.44. The fourth-order valence-electron chi connectivity index (χ4n) is 2.85. The lowest BCUT2D eigenvalue weighted by atomic mass is 9.74. The molecule has 1 amide bonds. The van der Waals surface area contributed by atoms with E-state index in [1.807, 2.05) is 11.8 Å². The van der Waals surface area contributed by atoms with Crippen LogP contribution in [0.5, 0.6) is 0 Å². The number of nitrogens with two attached hydrogens (primary N) is 1. The van der Waals surface area contributed by atoms with Crippen LogP contribution in [0.3, 0.4) is 0 Å². The van der Waals surface area contributed by atoms with Gasteiger partial charge >= 0.3 is 0 Å². The first-order chi connectivity index (χ1) is 9.16. The van der Waals surface area contributed by atoms with E-state index < -0.39 is 5.41 Å². The van der Waals surface area contributed by atoms with E-state index in [0.29, 0.717) is 12.3 Å².